The quantitative estimate of drug-likeness (QED) is 0.0211. The number of carbonyl (C=O) groups is 2. The summed E-state index contributed by atoms with van der Waals surface area (Å²) in [6.07, 6.45) is 102. The molecule has 2 unspecified atom stereocenters. The maximum Gasteiger partial charge on any atom is 0.472 e. The van der Waals surface area contributed by atoms with Gasteiger partial charge in [-0.15, -0.1) is 0 Å². The molecular weight excluding hydrogens is 1180 g/mol. The molecule has 0 aromatic heterocycles. The molecule has 0 heterocycles. The van der Waals surface area contributed by atoms with Gasteiger partial charge in [-0.2, -0.15) is 0 Å². The number of quaternary nitrogens is 1. The monoisotopic (exact) mass is 1340 g/mol. The summed E-state index contributed by atoms with van der Waals surface area (Å²) >= 11 is 0. The third-order valence-corrected chi connectivity index (χ3v) is 19.2. The lowest BCUT2D eigenvalue weighted by atomic mass is 10.0. The molecule has 0 aliphatic heterocycles. The molecule has 0 rings (SSSR count). The lowest BCUT2D eigenvalue weighted by molar-refractivity contribution is -0.870. The highest BCUT2D eigenvalue weighted by atomic mass is 31.2. The average Bonchev–Trinajstić information content (AvgIpc) is 1.56. The lowest BCUT2D eigenvalue weighted by Gasteiger charge is -2.24. The lowest BCUT2D eigenvalue weighted by Crippen LogP contribution is -2.37. The van der Waals surface area contributed by atoms with E-state index < -0.39 is 26.5 Å². The van der Waals surface area contributed by atoms with E-state index in [1.807, 2.05) is 21.1 Å². The first-order valence-electron chi connectivity index (χ1n) is 40.7. The van der Waals surface area contributed by atoms with Crippen molar-refractivity contribution >= 4 is 19.8 Å². The first-order valence-corrected chi connectivity index (χ1v) is 42.2. The Balaban J connectivity index is 3.90. The van der Waals surface area contributed by atoms with Crippen LogP contribution < -0.4 is 0 Å². The second kappa shape index (κ2) is 74.7. The molecule has 0 aromatic carbocycles. The third-order valence-electron chi connectivity index (χ3n) is 18.2. The minimum Gasteiger partial charge on any atom is -0.462 e. The zero-order valence-electron chi connectivity index (χ0n) is 63.0. The van der Waals surface area contributed by atoms with Gasteiger partial charge >= 0.3 is 19.8 Å². The van der Waals surface area contributed by atoms with E-state index in [2.05, 4.69) is 86.8 Å². The molecule has 0 fully saturated rings. The highest BCUT2D eigenvalue weighted by molar-refractivity contribution is 7.47. The summed E-state index contributed by atoms with van der Waals surface area (Å²) in [5.74, 6) is -0.774. The van der Waals surface area contributed by atoms with Crippen molar-refractivity contribution in [2.45, 2.75) is 405 Å². The molecule has 9 nitrogen and oxygen atoms in total. The molecule has 0 bridgehead atoms. The second-order valence-corrected chi connectivity index (χ2v) is 30.2. The minimum atomic E-state index is -4.39. The van der Waals surface area contributed by atoms with Gasteiger partial charge in [-0.25, -0.2) is 4.57 Å². The van der Waals surface area contributed by atoms with Crippen molar-refractivity contribution in [3.8, 4) is 0 Å². The molecule has 550 valence electrons. The fourth-order valence-electron chi connectivity index (χ4n) is 12.0. The number of allylic oxidation sites excluding steroid dienone is 12. The first-order chi connectivity index (χ1) is 46.0. The number of unbranched alkanes of at least 4 members (excludes halogenated alkanes) is 50. The number of phosphoric ester groups is 1. The highest BCUT2D eigenvalue weighted by Crippen LogP contribution is 2.43. The van der Waals surface area contributed by atoms with Crippen LogP contribution in [0.2, 0.25) is 0 Å². The summed E-state index contributed by atoms with van der Waals surface area (Å²) in [4.78, 5) is 36.0. The van der Waals surface area contributed by atoms with Crippen LogP contribution in [0.5, 0.6) is 0 Å². The van der Waals surface area contributed by atoms with E-state index >= 15 is 0 Å². The number of rotatable bonds is 76. The number of nitrogens with zero attached hydrogens (tertiary/aromatic N) is 1. The van der Waals surface area contributed by atoms with Gasteiger partial charge in [0.05, 0.1) is 27.7 Å². The average molecular weight is 1340 g/mol. The van der Waals surface area contributed by atoms with Crippen LogP contribution >= 0.6 is 7.82 Å². The Hall–Kier alpha value is -2.55. The van der Waals surface area contributed by atoms with Gasteiger partial charge in [0.15, 0.2) is 6.10 Å². The Kier molecular flexibility index (Phi) is 72.6. The fourth-order valence-corrected chi connectivity index (χ4v) is 12.8. The maximum absolute atomic E-state index is 12.9. The Bertz CT molecular complexity index is 1820. The van der Waals surface area contributed by atoms with E-state index in [0.29, 0.717) is 23.9 Å². The summed E-state index contributed by atoms with van der Waals surface area (Å²) in [6.45, 7) is 4.38. The van der Waals surface area contributed by atoms with E-state index in [9.17, 15) is 19.0 Å². The number of esters is 2. The SMILES string of the molecule is CC/C=C\C/C=C\C/C=C\C/C=C\CCCCCCCCCCCCCCCCCCCCCCCCCCCCC(=O)OC(COC(=O)CCCCCCCCCCCCCCCCCCCCC/C=C\C/C=C\CCCCCCC)COP(=O)(O)OCC[N+](C)(C)C. The van der Waals surface area contributed by atoms with Crippen LogP contribution in [0.4, 0.5) is 0 Å². The number of hydrogen-bond acceptors (Lipinski definition) is 7. The molecule has 1 N–H and O–H groups in total. The zero-order valence-corrected chi connectivity index (χ0v) is 63.9. The maximum atomic E-state index is 12.9. The molecule has 0 spiro atoms. The predicted octanol–water partition coefficient (Wildman–Crippen LogP) is 27.1. The van der Waals surface area contributed by atoms with Crippen molar-refractivity contribution in [3.05, 3.63) is 72.9 Å². The van der Waals surface area contributed by atoms with Crippen LogP contribution in [-0.2, 0) is 32.7 Å². The van der Waals surface area contributed by atoms with Crippen molar-refractivity contribution in [2.24, 2.45) is 0 Å². The van der Waals surface area contributed by atoms with Crippen molar-refractivity contribution < 1.29 is 42.1 Å². The van der Waals surface area contributed by atoms with Gasteiger partial charge in [-0.05, 0) is 83.5 Å². The van der Waals surface area contributed by atoms with E-state index in [1.54, 1.807) is 0 Å². The van der Waals surface area contributed by atoms with Gasteiger partial charge in [0.1, 0.15) is 19.8 Å². The number of ether oxygens (including phenoxy) is 2. The molecule has 2 atom stereocenters. The van der Waals surface area contributed by atoms with Crippen LogP contribution in [0.1, 0.15) is 399 Å². The number of carbonyl (C=O) groups excluding carboxylic acids is 2. The molecule has 0 saturated carbocycles. The van der Waals surface area contributed by atoms with Gasteiger partial charge in [0.25, 0.3) is 0 Å². The molecule has 0 aliphatic rings. The van der Waals surface area contributed by atoms with Gasteiger partial charge in [-0.1, -0.05) is 376 Å². The molecular formula is C84H157NO8P+. The van der Waals surface area contributed by atoms with Crippen LogP contribution in [0, 0.1) is 0 Å². The van der Waals surface area contributed by atoms with Gasteiger partial charge in [0.2, 0.25) is 0 Å². The van der Waals surface area contributed by atoms with Crippen molar-refractivity contribution in [1.82, 2.24) is 0 Å². The molecule has 0 saturated heterocycles. The van der Waals surface area contributed by atoms with Gasteiger partial charge in [0, 0.05) is 12.8 Å². The third kappa shape index (κ3) is 78.4. The first kappa shape index (κ1) is 91.4. The van der Waals surface area contributed by atoms with Gasteiger partial charge in [-0.3, -0.25) is 18.6 Å². The van der Waals surface area contributed by atoms with Crippen LogP contribution in [-0.4, -0.2) is 74.9 Å². The van der Waals surface area contributed by atoms with Crippen LogP contribution in [0.15, 0.2) is 72.9 Å². The van der Waals surface area contributed by atoms with E-state index in [0.717, 1.165) is 64.2 Å². The molecule has 10 heteroatoms. The largest absolute Gasteiger partial charge is 0.472 e. The fraction of sp³-hybridized carbons (Fsp3) is 0.833. The highest BCUT2D eigenvalue weighted by Gasteiger charge is 2.27. The van der Waals surface area contributed by atoms with Crippen molar-refractivity contribution in [1.29, 1.82) is 0 Å². The van der Waals surface area contributed by atoms with Crippen molar-refractivity contribution in [2.75, 3.05) is 47.5 Å². The summed E-state index contributed by atoms with van der Waals surface area (Å²) in [7, 11) is 1.50. The number of hydrogen-bond donors (Lipinski definition) is 1. The molecule has 94 heavy (non-hydrogen) atoms. The summed E-state index contributed by atoms with van der Waals surface area (Å²) < 4.78 is 34.8. The van der Waals surface area contributed by atoms with Crippen LogP contribution in [0.25, 0.3) is 0 Å². The van der Waals surface area contributed by atoms with E-state index in [1.165, 1.54) is 302 Å². The smallest absolute Gasteiger partial charge is 0.462 e. The summed E-state index contributed by atoms with van der Waals surface area (Å²) in [5, 5.41) is 0. The van der Waals surface area contributed by atoms with Crippen LogP contribution in [0.3, 0.4) is 0 Å². The van der Waals surface area contributed by atoms with Gasteiger partial charge < -0.3 is 18.9 Å². The topological polar surface area (TPSA) is 108 Å². The Labute approximate surface area is 584 Å². The molecule has 0 radical (unpaired) electrons. The summed E-state index contributed by atoms with van der Waals surface area (Å²) in [6, 6.07) is 0. The Morgan fingerprint density at radius 2 is 0.606 bits per heavy atom. The molecule has 0 amide bonds. The second-order valence-electron chi connectivity index (χ2n) is 28.8. The minimum absolute atomic E-state index is 0.0338. The number of phosphoric acid groups is 1. The Morgan fingerprint density at radius 3 is 0.904 bits per heavy atom. The standard InChI is InChI=1S/C84H156NO8P/c1-6-8-10-12-14-16-18-20-22-24-26-28-30-32-34-36-38-39-40-41-42-43-44-45-47-49-51-53-55-57-59-61-63-65-67-69-71-73-75-77-84(87)93-82(81-92-94(88,89)91-79-78-85(3,4)5)80-90-83(86)76-74-72-70-68-66-64-62-60-58-56-54-52-50-48-46-37-35-33-31-29-27-25-23-21-19-17-15-13-11-9-7-2/h8,10,14,16,19-22,25-28,82H,6-7,9,11-13,15,17-18,23-24,29-81H2,1-5H3/p+1/b10-8-,16-14-,21-19-,22-20-,27-25-,28-26-. The summed E-state index contributed by atoms with van der Waals surface area (Å²) in [5.41, 5.74) is 0. The normalized spacial score (nSPS) is 13.4. The Morgan fingerprint density at radius 1 is 0.340 bits per heavy atom. The van der Waals surface area contributed by atoms with E-state index in [4.69, 9.17) is 18.5 Å². The zero-order chi connectivity index (χ0) is 68.3. The van der Waals surface area contributed by atoms with E-state index in [-0.39, 0.29) is 25.6 Å². The number of likely N-dealkylation sites (N-methyl/N-ethyl adjacent to an activating group) is 1. The molecule has 0 aliphatic carbocycles. The van der Waals surface area contributed by atoms with Crippen molar-refractivity contribution in [3.63, 3.8) is 0 Å². The predicted molar refractivity (Wildman–Crippen MR) is 409 cm³/mol. The molecule has 0 aromatic rings.